The Morgan fingerprint density at radius 1 is 1.22 bits per heavy atom. The summed E-state index contributed by atoms with van der Waals surface area (Å²) in [5.74, 6) is 4.02. The summed E-state index contributed by atoms with van der Waals surface area (Å²) in [6.07, 6.45) is 1.18. The number of hydrogen-bond donors (Lipinski definition) is 1. The van der Waals surface area contributed by atoms with Gasteiger partial charge < -0.3 is 5.32 Å². The van der Waals surface area contributed by atoms with E-state index >= 15 is 0 Å². The molecule has 1 aromatic rings. The fourth-order valence-corrected chi connectivity index (χ4v) is 3.62. The molecule has 1 aromatic carbocycles. The Bertz CT molecular complexity index is 358. The van der Waals surface area contributed by atoms with Gasteiger partial charge in [0.2, 0.25) is 0 Å². The number of hydrogen-bond acceptors (Lipinski definition) is 2. The van der Waals surface area contributed by atoms with Crippen molar-refractivity contribution >= 4 is 11.8 Å². The molecule has 1 N–H and O–H groups in total. The van der Waals surface area contributed by atoms with Crippen molar-refractivity contribution in [1.82, 2.24) is 5.32 Å². The van der Waals surface area contributed by atoms with Gasteiger partial charge in [-0.05, 0) is 41.7 Å². The molecule has 0 bridgehead atoms. The van der Waals surface area contributed by atoms with Crippen molar-refractivity contribution in [2.45, 2.75) is 33.2 Å². The van der Waals surface area contributed by atoms with Gasteiger partial charge in [0, 0.05) is 11.8 Å². The van der Waals surface area contributed by atoms with Gasteiger partial charge in [-0.1, -0.05) is 45.0 Å². The maximum atomic E-state index is 3.69. The van der Waals surface area contributed by atoms with E-state index in [2.05, 4.69) is 62.1 Å². The quantitative estimate of drug-likeness (QED) is 0.887. The van der Waals surface area contributed by atoms with E-state index in [-0.39, 0.29) is 0 Å². The SMILES string of the molecule is CC(C)Cc1ccc(C2CSCC(C)CN2)cc1. The standard InChI is InChI=1S/C16H25NS/c1-12(2)8-14-4-6-15(7-5-14)16-11-18-10-13(3)9-17-16/h4-7,12-13,16-17H,8-11H2,1-3H3. The van der Waals surface area contributed by atoms with Gasteiger partial charge in [0.15, 0.2) is 0 Å². The smallest absolute Gasteiger partial charge is 0.0411 e. The van der Waals surface area contributed by atoms with E-state index in [1.807, 2.05) is 0 Å². The molecule has 2 heteroatoms. The summed E-state index contributed by atoms with van der Waals surface area (Å²) in [7, 11) is 0. The van der Waals surface area contributed by atoms with Crippen molar-refractivity contribution in [3.8, 4) is 0 Å². The molecule has 2 rings (SSSR count). The summed E-state index contributed by atoms with van der Waals surface area (Å²) in [5, 5.41) is 3.69. The van der Waals surface area contributed by atoms with Crippen LogP contribution in [0.25, 0.3) is 0 Å². The maximum absolute atomic E-state index is 3.69. The summed E-state index contributed by atoms with van der Waals surface area (Å²) < 4.78 is 0. The molecule has 1 heterocycles. The highest BCUT2D eigenvalue weighted by Gasteiger charge is 2.17. The Balaban J connectivity index is 2.00. The molecule has 18 heavy (non-hydrogen) atoms. The van der Waals surface area contributed by atoms with E-state index in [1.165, 1.54) is 29.1 Å². The lowest BCUT2D eigenvalue weighted by atomic mass is 10.00. The molecule has 1 saturated heterocycles. The van der Waals surface area contributed by atoms with Gasteiger partial charge in [0.05, 0.1) is 0 Å². The molecule has 2 atom stereocenters. The summed E-state index contributed by atoms with van der Waals surface area (Å²) in [5.41, 5.74) is 2.91. The van der Waals surface area contributed by atoms with Gasteiger partial charge in [0.25, 0.3) is 0 Å². The van der Waals surface area contributed by atoms with Gasteiger partial charge in [-0.2, -0.15) is 11.8 Å². The van der Waals surface area contributed by atoms with Gasteiger partial charge in [-0.25, -0.2) is 0 Å². The Labute approximate surface area is 116 Å². The summed E-state index contributed by atoms with van der Waals surface area (Å²) in [6, 6.07) is 9.76. The fraction of sp³-hybridized carbons (Fsp3) is 0.625. The van der Waals surface area contributed by atoms with Crippen LogP contribution in [0.5, 0.6) is 0 Å². The molecule has 0 saturated carbocycles. The molecule has 0 radical (unpaired) electrons. The van der Waals surface area contributed by atoms with E-state index in [0.717, 1.165) is 18.4 Å². The molecule has 1 fully saturated rings. The second kappa shape index (κ2) is 6.63. The lowest BCUT2D eigenvalue weighted by molar-refractivity contribution is 0.517. The minimum atomic E-state index is 0.535. The minimum Gasteiger partial charge on any atom is -0.309 e. The molecule has 1 aliphatic heterocycles. The van der Waals surface area contributed by atoms with Crippen molar-refractivity contribution < 1.29 is 0 Å². The number of nitrogens with one attached hydrogen (secondary N) is 1. The van der Waals surface area contributed by atoms with Gasteiger partial charge >= 0.3 is 0 Å². The highest BCUT2D eigenvalue weighted by atomic mass is 32.2. The number of rotatable bonds is 3. The molecule has 1 nitrogen and oxygen atoms in total. The topological polar surface area (TPSA) is 12.0 Å². The van der Waals surface area contributed by atoms with Crippen molar-refractivity contribution in [3.63, 3.8) is 0 Å². The van der Waals surface area contributed by atoms with Gasteiger partial charge in [-0.3, -0.25) is 0 Å². The van der Waals surface area contributed by atoms with Crippen LogP contribution in [0.15, 0.2) is 24.3 Å². The lowest BCUT2D eigenvalue weighted by Crippen LogP contribution is -2.25. The van der Waals surface area contributed by atoms with Gasteiger partial charge in [-0.15, -0.1) is 0 Å². The van der Waals surface area contributed by atoms with E-state index in [1.54, 1.807) is 0 Å². The molecule has 0 spiro atoms. The molecule has 1 aliphatic rings. The zero-order valence-electron chi connectivity index (χ0n) is 11.8. The predicted octanol–water partition coefficient (Wildman–Crippen LogP) is 3.90. The zero-order valence-corrected chi connectivity index (χ0v) is 12.6. The highest BCUT2D eigenvalue weighted by molar-refractivity contribution is 7.99. The Hall–Kier alpha value is -0.470. The first-order valence-corrected chi connectivity index (χ1v) is 8.20. The van der Waals surface area contributed by atoms with Crippen LogP contribution in [0.1, 0.15) is 37.9 Å². The van der Waals surface area contributed by atoms with E-state index in [0.29, 0.717) is 6.04 Å². The zero-order chi connectivity index (χ0) is 13.0. The molecule has 0 aromatic heterocycles. The van der Waals surface area contributed by atoms with Crippen LogP contribution in [0, 0.1) is 11.8 Å². The van der Waals surface area contributed by atoms with Gasteiger partial charge in [0.1, 0.15) is 0 Å². The maximum Gasteiger partial charge on any atom is 0.0411 e. The first-order chi connectivity index (χ1) is 8.65. The van der Waals surface area contributed by atoms with E-state index in [9.17, 15) is 0 Å². The molecular weight excluding hydrogens is 238 g/mol. The largest absolute Gasteiger partial charge is 0.309 e. The third kappa shape index (κ3) is 4.03. The highest BCUT2D eigenvalue weighted by Crippen LogP contribution is 2.24. The fourth-order valence-electron chi connectivity index (χ4n) is 2.42. The normalized spacial score (nSPS) is 25.1. The Morgan fingerprint density at radius 3 is 2.61 bits per heavy atom. The number of thioether (sulfide) groups is 1. The van der Waals surface area contributed by atoms with Crippen LogP contribution in [-0.2, 0) is 6.42 Å². The number of benzene rings is 1. The van der Waals surface area contributed by atoms with E-state index < -0.39 is 0 Å². The molecule has 2 unspecified atom stereocenters. The monoisotopic (exact) mass is 263 g/mol. The predicted molar refractivity (Wildman–Crippen MR) is 82.2 cm³/mol. The van der Waals surface area contributed by atoms with Crippen LogP contribution in [-0.4, -0.2) is 18.1 Å². The summed E-state index contributed by atoms with van der Waals surface area (Å²) in [6.45, 7) is 8.02. The van der Waals surface area contributed by atoms with Crippen LogP contribution in [0.4, 0.5) is 0 Å². The molecule has 100 valence electrons. The third-order valence-electron chi connectivity index (χ3n) is 3.43. The second-order valence-corrected chi connectivity index (χ2v) is 7.02. The van der Waals surface area contributed by atoms with E-state index in [4.69, 9.17) is 0 Å². The molecule has 0 amide bonds. The van der Waals surface area contributed by atoms with Crippen molar-refractivity contribution in [3.05, 3.63) is 35.4 Å². The average Bonchev–Trinajstić information content (AvgIpc) is 2.54. The molecule has 0 aliphatic carbocycles. The van der Waals surface area contributed by atoms with Crippen molar-refractivity contribution in [1.29, 1.82) is 0 Å². The first kappa shape index (κ1) is 14.0. The van der Waals surface area contributed by atoms with Crippen LogP contribution in [0.2, 0.25) is 0 Å². The Morgan fingerprint density at radius 2 is 1.94 bits per heavy atom. The minimum absolute atomic E-state index is 0.535. The van der Waals surface area contributed by atoms with Crippen LogP contribution >= 0.6 is 11.8 Å². The summed E-state index contributed by atoms with van der Waals surface area (Å²) >= 11 is 2.08. The lowest BCUT2D eigenvalue weighted by Gasteiger charge is -2.17. The van der Waals surface area contributed by atoms with Crippen molar-refractivity contribution in [2.24, 2.45) is 11.8 Å². The van der Waals surface area contributed by atoms with Crippen LogP contribution in [0.3, 0.4) is 0 Å². The molecular formula is C16H25NS. The van der Waals surface area contributed by atoms with Crippen molar-refractivity contribution in [2.75, 3.05) is 18.1 Å². The average molecular weight is 263 g/mol. The Kier molecular flexibility index (Phi) is 5.13. The summed E-state index contributed by atoms with van der Waals surface area (Å²) in [4.78, 5) is 0. The second-order valence-electron chi connectivity index (χ2n) is 5.94. The third-order valence-corrected chi connectivity index (χ3v) is 4.80. The van der Waals surface area contributed by atoms with Crippen LogP contribution < -0.4 is 5.32 Å². The first-order valence-electron chi connectivity index (χ1n) is 7.05.